The van der Waals surface area contributed by atoms with E-state index in [2.05, 4.69) is 0 Å². The van der Waals surface area contributed by atoms with Crippen LogP contribution in [0.3, 0.4) is 0 Å². The Hall–Kier alpha value is -1.56. The summed E-state index contributed by atoms with van der Waals surface area (Å²) in [5.41, 5.74) is 0. The maximum Gasteiger partial charge on any atom is -0.0623 e. The molecular weight excluding hydrogens is 144 g/mol. The lowest BCUT2D eigenvalue weighted by Gasteiger charge is -1.77. The summed E-state index contributed by atoms with van der Waals surface area (Å²) in [5.74, 6) is 0. The van der Waals surface area contributed by atoms with Gasteiger partial charge in [0.2, 0.25) is 0 Å². The molecule has 0 amide bonds. The van der Waals surface area contributed by atoms with Gasteiger partial charge >= 0.3 is 0 Å². The Morgan fingerprint density at radius 3 is 0.333 bits per heavy atom. The second-order valence-electron chi connectivity index (χ2n) is 2.31. The second kappa shape index (κ2) is 6.17. The summed E-state index contributed by atoms with van der Waals surface area (Å²) >= 11 is 0. The molecule has 0 unspecified atom stereocenters. The van der Waals surface area contributed by atoms with Crippen LogP contribution in [0.1, 0.15) is 0 Å². The highest BCUT2D eigenvalue weighted by atomic mass is 13.7. The maximum absolute atomic E-state index is 2.00. The van der Waals surface area contributed by atoms with Gasteiger partial charge in [-0.05, 0) is 0 Å². The number of hydrogen-bond acceptors (Lipinski definition) is 0. The van der Waals surface area contributed by atoms with Gasteiger partial charge in [-0.25, -0.2) is 0 Å². The Balaban J connectivity index is 2.67. The average Bonchev–Trinajstić information content (AvgIpc) is 2.05. The molecule has 0 saturated carbocycles. The number of allylic oxidation sites excluding steroid dienone is 12. The van der Waals surface area contributed by atoms with Crippen molar-refractivity contribution in [1.29, 1.82) is 0 Å². The van der Waals surface area contributed by atoms with Crippen LogP contribution in [-0.4, -0.2) is 0 Å². The van der Waals surface area contributed by atoms with Gasteiger partial charge < -0.3 is 0 Å². The van der Waals surface area contributed by atoms with Crippen LogP contribution in [0, 0.1) is 0 Å². The lowest BCUT2D eigenvalue weighted by molar-refractivity contribution is 1.81. The quantitative estimate of drug-likeness (QED) is 0.504. The minimum atomic E-state index is 2.00. The molecule has 0 heteroatoms. The smallest absolute Gasteiger partial charge is 0.0623 e. The Labute approximate surface area is 73.6 Å². The number of rotatable bonds is 0. The lowest BCUT2D eigenvalue weighted by atomic mass is 10.3. The van der Waals surface area contributed by atoms with E-state index in [9.17, 15) is 0 Å². The molecule has 0 atom stereocenters. The van der Waals surface area contributed by atoms with E-state index in [0.29, 0.717) is 0 Å². The summed E-state index contributed by atoms with van der Waals surface area (Å²) in [6.45, 7) is 0. The minimum absolute atomic E-state index is 2.00. The topological polar surface area (TPSA) is 0 Å². The van der Waals surface area contributed by atoms with Crippen molar-refractivity contribution in [3.63, 3.8) is 0 Å². The van der Waals surface area contributed by atoms with Crippen LogP contribution in [0.5, 0.6) is 0 Å². The third-order valence-corrected chi connectivity index (χ3v) is 1.33. The molecule has 0 N–H and O–H groups in total. The van der Waals surface area contributed by atoms with Crippen molar-refractivity contribution in [2.45, 2.75) is 0 Å². The molecule has 0 heterocycles. The molecule has 0 aliphatic heterocycles. The monoisotopic (exact) mass is 156 g/mol. The molecule has 0 bridgehead atoms. The summed E-state index contributed by atoms with van der Waals surface area (Å²) in [6.07, 6.45) is 24.0. The zero-order valence-corrected chi connectivity index (χ0v) is 6.93. The fourth-order valence-corrected chi connectivity index (χ4v) is 0.770. The molecular formula is C12H12. The van der Waals surface area contributed by atoms with E-state index in [1.165, 1.54) is 0 Å². The molecule has 0 aromatic rings. The summed E-state index contributed by atoms with van der Waals surface area (Å²) in [5, 5.41) is 0. The van der Waals surface area contributed by atoms with Gasteiger partial charge in [0.05, 0.1) is 0 Å². The fraction of sp³-hybridized carbons (Fsp3) is 0. The molecule has 1 aliphatic rings. The number of hydrogen-bond donors (Lipinski definition) is 0. The van der Waals surface area contributed by atoms with Crippen molar-refractivity contribution in [3.8, 4) is 0 Å². The van der Waals surface area contributed by atoms with Gasteiger partial charge in [0.15, 0.2) is 0 Å². The van der Waals surface area contributed by atoms with Gasteiger partial charge in [0.1, 0.15) is 0 Å². The van der Waals surface area contributed by atoms with Crippen LogP contribution in [0.4, 0.5) is 0 Å². The molecule has 12 heavy (non-hydrogen) atoms. The van der Waals surface area contributed by atoms with E-state index in [4.69, 9.17) is 0 Å². The highest BCUT2D eigenvalue weighted by molar-refractivity contribution is 5.23. The molecule has 0 saturated heterocycles. The highest BCUT2D eigenvalue weighted by Gasteiger charge is 1.65. The summed E-state index contributed by atoms with van der Waals surface area (Å²) in [6, 6.07) is 0. The summed E-state index contributed by atoms with van der Waals surface area (Å²) < 4.78 is 0. The predicted molar refractivity (Wildman–Crippen MR) is 54.8 cm³/mol. The van der Waals surface area contributed by atoms with Crippen LogP contribution in [0.25, 0.3) is 0 Å². The Morgan fingerprint density at radius 1 is 0.167 bits per heavy atom. The van der Waals surface area contributed by atoms with E-state index < -0.39 is 0 Å². The molecule has 0 aromatic carbocycles. The normalized spacial score (nSPS) is 16.0. The van der Waals surface area contributed by atoms with Crippen molar-refractivity contribution in [1.82, 2.24) is 0 Å². The first-order valence-electron chi connectivity index (χ1n) is 4.00. The second-order valence-corrected chi connectivity index (χ2v) is 2.31. The van der Waals surface area contributed by atoms with Crippen LogP contribution in [-0.2, 0) is 0 Å². The molecule has 0 aromatic heterocycles. The van der Waals surface area contributed by atoms with Crippen LogP contribution >= 0.6 is 0 Å². The Bertz CT molecular complexity index is 169. The fourth-order valence-electron chi connectivity index (χ4n) is 0.770. The van der Waals surface area contributed by atoms with Gasteiger partial charge in [-0.1, -0.05) is 72.9 Å². The van der Waals surface area contributed by atoms with Gasteiger partial charge in [-0.3, -0.25) is 0 Å². The molecule has 0 radical (unpaired) electrons. The molecule has 1 aliphatic carbocycles. The third kappa shape index (κ3) is 4.29. The van der Waals surface area contributed by atoms with E-state index >= 15 is 0 Å². The van der Waals surface area contributed by atoms with Crippen molar-refractivity contribution < 1.29 is 0 Å². The summed E-state index contributed by atoms with van der Waals surface area (Å²) in [4.78, 5) is 0. The molecule has 0 fully saturated rings. The first-order chi connectivity index (χ1) is 6.00. The Kier molecular flexibility index (Phi) is 4.39. The lowest BCUT2D eigenvalue weighted by Crippen LogP contribution is -1.55. The van der Waals surface area contributed by atoms with Crippen LogP contribution in [0.15, 0.2) is 72.9 Å². The molecule has 1 rings (SSSR count). The minimum Gasteiger partial charge on any atom is -0.0623 e. The van der Waals surface area contributed by atoms with E-state index in [1.807, 2.05) is 72.9 Å². The molecule has 60 valence electrons. The third-order valence-electron chi connectivity index (χ3n) is 1.33. The van der Waals surface area contributed by atoms with Crippen LogP contribution < -0.4 is 0 Å². The van der Waals surface area contributed by atoms with E-state index in [1.54, 1.807) is 0 Å². The van der Waals surface area contributed by atoms with Crippen molar-refractivity contribution in [3.05, 3.63) is 72.9 Å². The zero-order valence-electron chi connectivity index (χ0n) is 6.93. The SMILES string of the molecule is C1=CC=CC=CC=CC=CC=C1. The zero-order chi connectivity index (χ0) is 8.49. The first kappa shape index (κ1) is 8.54. The van der Waals surface area contributed by atoms with Gasteiger partial charge in [-0.15, -0.1) is 0 Å². The van der Waals surface area contributed by atoms with E-state index in [-0.39, 0.29) is 0 Å². The summed E-state index contributed by atoms with van der Waals surface area (Å²) in [7, 11) is 0. The molecule has 0 nitrogen and oxygen atoms in total. The van der Waals surface area contributed by atoms with Gasteiger partial charge in [0, 0.05) is 0 Å². The predicted octanol–water partition coefficient (Wildman–Crippen LogP) is 3.34. The van der Waals surface area contributed by atoms with Gasteiger partial charge in [0.25, 0.3) is 0 Å². The largest absolute Gasteiger partial charge is 0.0623 e. The van der Waals surface area contributed by atoms with Crippen LogP contribution in [0.2, 0.25) is 0 Å². The standard InChI is InChI=1S/C12H12/c1-2-4-6-8-10-12-11-9-7-5-3-1/h1-12H. The van der Waals surface area contributed by atoms with Crippen molar-refractivity contribution >= 4 is 0 Å². The molecule has 0 spiro atoms. The Morgan fingerprint density at radius 2 is 0.250 bits per heavy atom. The van der Waals surface area contributed by atoms with E-state index in [0.717, 1.165) is 0 Å². The van der Waals surface area contributed by atoms with Crippen molar-refractivity contribution in [2.75, 3.05) is 0 Å². The first-order valence-corrected chi connectivity index (χ1v) is 4.00. The average molecular weight is 156 g/mol. The van der Waals surface area contributed by atoms with Crippen molar-refractivity contribution in [2.24, 2.45) is 0 Å². The van der Waals surface area contributed by atoms with Gasteiger partial charge in [-0.2, -0.15) is 0 Å². The highest BCUT2D eigenvalue weighted by Crippen LogP contribution is 1.87. The maximum atomic E-state index is 2.00.